The average molecular weight is 350 g/mol. The fraction of sp³-hybridized carbons (Fsp3) is 0.714. The molecule has 0 amide bonds. The summed E-state index contributed by atoms with van der Waals surface area (Å²) in [5, 5.41) is 0. The molecule has 25 heavy (non-hydrogen) atoms. The minimum atomic E-state index is -0.436. The van der Waals surface area contributed by atoms with Crippen molar-refractivity contribution in [2.75, 3.05) is 6.61 Å². The summed E-state index contributed by atoms with van der Waals surface area (Å²) in [6.45, 7) is 8.08. The Hall–Kier alpha value is -1.58. The molecule has 1 aromatic heterocycles. The summed E-state index contributed by atoms with van der Waals surface area (Å²) in [5.41, 5.74) is 2.57. The minimum Gasteiger partial charge on any atom is -0.461 e. The SMILES string of the molecule is CCCCCCCCCCCC(=O)c1c(C(=O)OCC)[nH]c(C)c1C. The molecule has 4 heteroatoms. The highest BCUT2D eigenvalue weighted by molar-refractivity contribution is 6.06. The number of H-pyrrole nitrogens is 1. The number of aromatic amines is 1. The summed E-state index contributed by atoms with van der Waals surface area (Å²) in [5.74, 6) is -0.387. The van der Waals surface area contributed by atoms with E-state index in [1.54, 1.807) is 6.92 Å². The van der Waals surface area contributed by atoms with E-state index in [4.69, 9.17) is 4.74 Å². The van der Waals surface area contributed by atoms with E-state index in [9.17, 15) is 9.59 Å². The lowest BCUT2D eigenvalue weighted by Crippen LogP contribution is -2.12. The zero-order chi connectivity index (χ0) is 18.7. The first kappa shape index (κ1) is 21.5. The number of unbranched alkanes of at least 4 members (excludes halogenated alkanes) is 8. The summed E-state index contributed by atoms with van der Waals surface area (Å²) < 4.78 is 5.06. The van der Waals surface area contributed by atoms with Crippen molar-refractivity contribution in [3.05, 3.63) is 22.5 Å². The van der Waals surface area contributed by atoms with Gasteiger partial charge in [0.25, 0.3) is 0 Å². The van der Waals surface area contributed by atoms with Crippen LogP contribution in [0.3, 0.4) is 0 Å². The fourth-order valence-corrected chi connectivity index (χ4v) is 3.14. The molecule has 0 aromatic carbocycles. The molecule has 0 atom stereocenters. The highest BCUT2D eigenvalue weighted by Gasteiger charge is 2.23. The normalized spacial score (nSPS) is 10.9. The van der Waals surface area contributed by atoms with Crippen molar-refractivity contribution >= 4 is 11.8 Å². The highest BCUT2D eigenvalue weighted by Crippen LogP contribution is 2.22. The molecule has 0 aliphatic heterocycles. The van der Waals surface area contributed by atoms with Gasteiger partial charge >= 0.3 is 5.97 Å². The maximum absolute atomic E-state index is 12.6. The number of esters is 1. The van der Waals surface area contributed by atoms with Crippen molar-refractivity contribution in [3.8, 4) is 0 Å². The Morgan fingerprint density at radius 1 is 0.880 bits per heavy atom. The van der Waals surface area contributed by atoms with Gasteiger partial charge in [-0.1, -0.05) is 58.3 Å². The average Bonchev–Trinajstić information content (AvgIpc) is 2.89. The third kappa shape index (κ3) is 7.05. The second-order valence-corrected chi connectivity index (χ2v) is 6.85. The van der Waals surface area contributed by atoms with Crippen LogP contribution in [0.1, 0.15) is 110 Å². The predicted octanol–water partition coefficient (Wildman–Crippen LogP) is 5.91. The molecule has 0 saturated carbocycles. The van der Waals surface area contributed by atoms with Crippen LogP contribution < -0.4 is 0 Å². The number of hydrogen-bond acceptors (Lipinski definition) is 3. The molecule has 1 rings (SSSR count). The minimum absolute atomic E-state index is 0.0489. The van der Waals surface area contributed by atoms with E-state index in [1.807, 2.05) is 13.8 Å². The largest absolute Gasteiger partial charge is 0.461 e. The second-order valence-electron chi connectivity index (χ2n) is 6.85. The lowest BCUT2D eigenvalue weighted by Gasteiger charge is -2.05. The molecule has 0 radical (unpaired) electrons. The van der Waals surface area contributed by atoms with Crippen LogP contribution >= 0.6 is 0 Å². The first-order chi connectivity index (χ1) is 12.0. The van der Waals surface area contributed by atoms with Crippen LogP contribution in [0.4, 0.5) is 0 Å². The van der Waals surface area contributed by atoms with Gasteiger partial charge in [-0.05, 0) is 32.8 Å². The maximum atomic E-state index is 12.6. The van der Waals surface area contributed by atoms with Crippen molar-refractivity contribution < 1.29 is 14.3 Å². The Bertz CT molecular complexity index is 546. The monoisotopic (exact) mass is 349 g/mol. The number of ketones is 1. The summed E-state index contributed by atoms with van der Waals surface area (Å²) >= 11 is 0. The lowest BCUT2D eigenvalue weighted by atomic mass is 9.99. The Balaban J connectivity index is 2.41. The van der Waals surface area contributed by atoms with Crippen LogP contribution in [0.5, 0.6) is 0 Å². The summed E-state index contributed by atoms with van der Waals surface area (Å²) in [7, 11) is 0. The summed E-state index contributed by atoms with van der Waals surface area (Å²) in [4.78, 5) is 27.7. The molecule has 0 bridgehead atoms. The zero-order valence-corrected chi connectivity index (χ0v) is 16.5. The standard InChI is InChI=1S/C21H35NO3/c1-5-7-8-9-10-11-12-13-14-15-18(23)19-16(3)17(4)22-20(19)21(24)25-6-2/h22H,5-15H2,1-4H3. The van der Waals surface area contributed by atoms with Crippen LogP contribution in [0.2, 0.25) is 0 Å². The lowest BCUT2D eigenvalue weighted by molar-refractivity contribution is 0.0516. The van der Waals surface area contributed by atoms with Crippen molar-refractivity contribution in [2.45, 2.75) is 91.9 Å². The van der Waals surface area contributed by atoms with Crippen LogP contribution in [0.25, 0.3) is 0 Å². The van der Waals surface area contributed by atoms with Gasteiger partial charge in [-0.3, -0.25) is 4.79 Å². The van der Waals surface area contributed by atoms with Crippen LogP contribution in [-0.4, -0.2) is 23.3 Å². The van der Waals surface area contributed by atoms with Crippen LogP contribution in [0, 0.1) is 13.8 Å². The Morgan fingerprint density at radius 3 is 2.00 bits per heavy atom. The number of carbonyl (C=O) groups excluding carboxylic acids is 2. The second kappa shape index (κ2) is 11.9. The molecule has 4 nitrogen and oxygen atoms in total. The number of rotatable bonds is 13. The Morgan fingerprint density at radius 2 is 1.44 bits per heavy atom. The van der Waals surface area contributed by atoms with E-state index < -0.39 is 5.97 Å². The number of Topliss-reactive ketones (excluding diaryl/α,β-unsaturated/α-hetero) is 1. The van der Waals surface area contributed by atoms with Crippen LogP contribution in [0.15, 0.2) is 0 Å². The summed E-state index contributed by atoms with van der Waals surface area (Å²) in [6, 6.07) is 0. The predicted molar refractivity (Wildman–Crippen MR) is 102 cm³/mol. The van der Waals surface area contributed by atoms with Crippen molar-refractivity contribution in [3.63, 3.8) is 0 Å². The fourth-order valence-electron chi connectivity index (χ4n) is 3.14. The molecule has 0 aliphatic carbocycles. The van der Waals surface area contributed by atoms with Gasteiger partial charge in [0.1, 0.15) is 5.69 Å². The number of aryl methyl sites for hydroxylation is 1. The van der Waals surface area contributed by atoms with Crippen LogP contribution in [-0.2, 0) is 4.74 Å². The van der Waals surface area contributed by atoms with E-state index in [2.05, 4.69) is 11.9 Å². The molecule has 0 unspecified atom stereocenters. The number of nitrogens with one attached hydrogen (secondary N) is 1. The quantitative estimate of drug-likeness (QED) is 0.273. The Labute approximate surface area is 152 Å². The molecule has 0 saturated heterocycles. The van der Waals surface area contributed by atoms with Crippen molar-refractivity contribution in [1.29, 1.82) is 0 Å². The van der Waals surface area contributed by atoms with Crippen molar-refractivity contribution in [1.82, 2.24) is 4.98 Å². The van der Waals surface area contributed by atoms with E-state index in [-0.39, 0.29) is 5.78 Å². The molecule has 0 spiro atoms. The van der Waals surface area contributed by atoms with E-state index in [0.717, 1.165) is 24.1 Å². The Kier molecular flexibility index (Phi) is 10.2. The van der Waals surface area contributed by atoms with Gasteiger partial charge in [-0.25, -0.2) is 4.79 Å². The smallest absolute Gasteiger partial charge is 0.355 e. The molecule has 1 N–H and O–H groups in total. The van der Waals surface area contributed by atoms with Gasteiger partial charge in [0.2, 0.25) is 0 Å². The maximum Gasteiger partial charge on any atom is 0.355 e. The van der Waals surface area contributed by atoms with E-state index >= 15 is 0 Å². The van der Waals surface area contributed by atoms with Gasteiger partial charge < -0.3 is 9.72 Å². The molecule has 1 heterocycles. The zero-order valence-electron chi connectivity index (χ0n) is 16.5. The third-order valence-electron chi connectivity index (χ3n) is 4.77. The van der Waals surface area contributed by atoms with Gasteiger partial charge in [0.15, 0.2) is 5.78 Å². The molecule has 1 aromatic rings. The molecule has 0 fully saturated rings. The van der Waals surface area contributed by atoms with E-state index in [0.29, 0.717) is 24.3 Å². The van der Waals surface area contributed by atoms with E-state index in [1.165, 1.54) is 44.9 Å². The third-order valence-corrected chi connectivity index (χ3v) is 4.77. The molecule has 142 valence electrons. The number of aromatic nitrogens is 1. The number of carbonyl (C=O) groups is 2. The molecule has 0 aliphatic rings. The van der Waals surface area contributed by atoms with Gasteiger partial charge in [-0.2, -0.15) is 0 Å². The topological polar surface area (TPSA) is 59.2 Å². The first-order valence-corrected chi connectivity index (χ1v) is 9.92. The number of ether oxygens (including phenoxy) is 1. The molecular weight excluding hydrogens is 314 g/mol. The molecular formula is C21H35NO3. The number of hydrogen-bond donors (Lipinski definition) is 1. The first-order valence-electron chi connectivity index (χ1n) is 9.92. The van der Waals surface area contributed by atoms with Crippen molar-refractivity contribution in [2.24, 2.45) is 0 Å². The van der Waals surface area contributed by atoms with Gasteiger partial charge in [-0.15, -0.1) is 0 Å². The highest BCUT2D eigenvalue weighted by atomic mass is 16.5. The van der Waals surface area contributed by atoms with Gasteiger partial charge in [0.05, 0.1) is 12.2 Å². The summed E-state index contributed by atoms with van der Waals surface area (Å²) in [6.07, 6.45) is 11.5. The van der Waals surface area contributed by atoms with Gasteiger partial charge in [0, 0.05) is 12.1 Å².